The summed E-state index contributed by atoms with van der Waals surface area (Å²) in [4.78, 5) is 16.0. The van der Waals surface area contributed by atoms with E-state index < -0.39 is 0 Å². The molecule has 0 saturated heterocycles. The summed E-state index contributed by atoms with van der Waals surface area (Å²) in [6.07, 6.45) is 2.00. The van der Waals surface area contributed by atoms with Gasteiger partial charge in [-0.2, -0.15) is 0 Å². The van der Waals surface area contributed by atoms with E-state index in [0.717, 1.165) is 33.2 Å². The Morgan fingerprint density at radius 2 is 1.96 bits per heavy atom. The number of nitrogens with zero attached hydrogens (tertiary/aromatic N) is 1. The molecule has 0 spiro atoms. The van der Waals surface area contributed by atoms with Crippen LogP contribution in [0.5, 0.6) is 0 Å². The van der Waals surface area contributed by atoms with Gasteiger partial charge in [0.25, 0.3) is 5.91 Å². The van der Waals surface area contributed by atoms with Crippen molar-refractivity contribution in [1.82, 2.24) is 9.55 Å². The first-order chi connectivity index (χ1) is 11.1. The van der Waals surface area contributed by atoms with Crippen molar-refractivity contribution >= 4 is 33.4 Å². The van der Waals surface area contributed by atoms with Gasteiger partial charge in [0, 0.05) is 40.9 Å². The standard InChI is InChI=1S/C19H17N3O/c1-12-18(15-5-3-4-6-16(15)20-12)21-19(23)14-8-7-13-9-10-22(2)17(13)11-14/h3-11,20H,1-2H3,(H,21,23). The minimum atomic E-state index is -0.0963. The smallest absolute Gasteiger partial charge is 0.255 e. The van der Waals surface area contributed by atoms with E-state index in [-0.39, 0.29) is 5.91 Å². The molecule has 0 saturated carbocycles. The predicted molar refractivity (Wildman–Crippen MR) is 93.9 cm³/mol. The van der Waals surface area contributed by atoms with E-state index in [4.69, 9.17) is 0 Å². The summed E-state index contributed by atoms with van der Waals surface area (Å²) < 4.78 is 2.02. The van der Waals surface area contributed by atoms with Crippen LogP contribution < -0.4 is 5.32 Å². The van der Waals surface area contributed by atoms with Crippen molar-refractivity contribution < 1.29 is 4.79 Å². The van der Waals surface area contributed by atoms with E-state index in [1.807, 2.05) is 73.3 Å². The van der Waals surface area contributed by atoms with Crippen LogP contribution in [-0.4, -0.2) is 15.5 Å². The highest BCUT2D eigenvalue weighted by Crippen LogP contribution is 2.27. The minimum absolute atomic E-state index is 0.0963. The number of hydrogen-bond acceptors (Lipinski definition) is 1. The summed E-state index contributed by atoms with van der Waals surface area (Å²) in [7, 11) is 1.98. The van der Waals surface area contributed by atoms with Gasteiger partial charge in [-0.25, -0.2) is 0 Å². The lowest BCUT2D eigenvalue weighted by Gasteiger charge is -2.06. The van der Waals surface area contributed by atoms with Crippen LogP contribution >= 0.6 is 0 Å². The summed E-state index contributed by atoms with van der Waals surface area (Å²) in [6.45, 7) is 1.97. The van der Waals surface area contributed by atoms with E-state index >= 15 is 0 Å². The zero-order valence-electron chi connectivity index (χ0n) is 13.1. The molecule has 2 heterocycles. The molecule has 0 atom stereocenters. The van der Waals surface area contributed by atoms with Gasteiger partial charge < -0.3 is 14.9 Å². The molecule has 0 radical (unpaired) electrons. The van der Waals surface area contributed by atoms with E-state index in [1.165, 1.54) is 0 Å². The Kier molecular flexibility index (Phi) is 2.98. The molecule has 4 heteroatoms. The van der Waals surface area contributed by atoms with Gasteiger partial charge in [-0.15, -0.1) is 0 Å². The number of nitrogens with one attached hydrogen (secondary N) is 2. The van der Waals surface area contributed by atoms with Crippen LogP contribution in [0.25, 0.3) is 21.8 Å². The number of carbonyl (C=O) groups excluding carboxylic acids is 1. The maximum absolute atomic E-state index is 12.7. The molecule has 0 aliphatic carbocycles. The van der Waals surface area contributed by atoms with Crippen molar-refractivity contribution in [2.24, 2.45) is 7.05 Å². The lowest BCUT2D eigenvalue weighted by Crippen LogP contribution is -2.12. The molecule has 0 bridgehead atoms. The third-order valence-corrected chi connectivity index (χ3v) is 4.28. The summed E-state index contributed by atoms with van der Waals surface area (Å²) in [6, 6.07) is 15.8. The topological polar surface area (TPSA) is 49.8 Å². The number of benzene rings is 2. The molecule has 4 rings (SSSR count). The Bertz CT molecular complexity index is 1040. The van der Waals surface area contributed by atoms with Crippen molar-refractivity contribution in [2.45, 2.75) is 6.92 Å². The Hall–Kier alpha value is -3.01. The van der Waals surface area contributed by atoms with E-state index in [2.05, 4.69) is 10.3 Å². The van der Waals surface area contributed by atoms with Crippen molar-refractivity contribution in [3.05, 3.63) is 66.0 Å². The van der Waals surface area contributed by atoms with Gasteiger partial charge in [0.1, 0.15) is 0 Å². The number of carbonyl (C=O) groups is 1. The molecule has 1 amide bonds. The van der Waals surface area contributed by atoms with E-state index in [0.29, 0.717) is 5.56 Å². The van der Waals surface area contributed by atoms with Gasteiger partial charge in [0.05, 0.1) is 5.69 Å². The lowest BCUT2D eigenvalue weighted by atomic mass is 10.1. The molecule has 0 unspecified atom stereocenters. The highest BCUT2D eigenvalue weighted by atomic mass is 16.1. The third kappa shape index (κ3) is 2.19. The van der Waals surface area contributed by atoms with Gasteiger partial charge in [0.15, 0.2) is 0 Å². The molecule has 0 aliphatic heterocycles. The number of rotatable bonds is 2. The summed E-state index contributed by atoms with van der Waals surface area (Å²) >= 11 is 0. The first-order valence-electron chi connectivity index (χ1n) is 7.57. The van der Waals surface area contributed by atoms with E-state index in [9.17, 15) is 4.79 Å². The number of aromatic nitrogens is 2. The lowest BCUT2D eigenvalue weighted by molar-refractivity contribution is 0.102. The molecular weight excluding hydrogens is 286 g/mol. The largest absolute Gasteiger partial charge is 0.357 e. The first kappa shape index (κ1) is 13.6. The molecular formula is C19H17N3O. The van der Waals surface area contributed by atoms with Crippen LogP contribution in [0.1, 0.15) is 16.1 Å². The third-order valence-electron chi connectivity index (χ3n) is 4.28. The van der Waals surface area contributed by atoms with Crippen LogP contribution in [0.2, 0.25) is 0 Å². The SMILES string of the molecule is Cc1[nH]c2ccccc2c1NC(=O)c1ccc2ccn(C)c2c1. The number of aromatic amines is 1. The fourth-order valence-corrected chi connectivity index (χ4v) is 3.03. The number of fused-ring (bicyclic) bond motifs is 2. The second-order valence-electron chi connectivity index (χ2n) is 5.82. The van der Waals surface area contributed by atoms with Crippen molar-refractivity contribution in [3.8, 4) is 0 Å². The fourth-order valence-electron chi connectivity index (χ4n) is 3.03. The Labute approximate surface area is 133 Å². The molecule has 4 nitrogen and oxygen atoms in total. The van der Waals surface area contributed by atoms with Crippen LogP contribution in [0.15, 0.2) is 54.7 Å². The van der Waals surface area contributed by atoms with Crippen LogP contribution in [-0.2, 0) is 7.05 Å². The normalized spacial score (nSPS) is 11.2. The summed E-state index contributed by atoms with van der Waals surface area (Å²) in [5.74, 6) is -0.0963. The minimum Gasteiger partial charge on any atom is -0.357 e. The highest BCUT2D eigenvalue weighted by Gasteiger charge is 2.13. The number of amides is 1. The van der Waals surface area contributed by atoms with E-state index in [1.54, 1.807) is 0 Å². The van der Waals surface area contributed by atoms with Crippen molar-refractivity contribution in [2.75, 3.05) is 5.32 Å². The quantitative estimate of drug-likeness (QED) is 0.572. The van der Waals surface area contributed by atoms with Crippen LogP contribution in [0.3, 0.4) is 0 Å². The number of para-hydroxylation sites is 1. The number of hydrogen-bond donors (Lipinski definition) is 2. The predicted octanol–water partition coefficient (Wildman–Crippen LogP) is 4.22. The summed E-state index contributed by atoms with van der Waals surface area (Å²) in [5, 5.41) is 5.20. The second-order valence-corrected chi connectivity index (χ2v) is 5.82. The molecule has 2 N–H and O–H groups in total. The zero-order chi connectivity index (χ0) is 16.0. The van der Waals surface area contributed by atoms with Gasteiger partial charge in [-0.3, -0.25) is 4.79 Å². The summed E-state index contributed by atoms with van der Waals surface area (Å²) in [5.41, 5.74) is 4.53. The molecule has 114 valence electrons. The van der Waals surface area contributed by atoms with Crippen LogP contribution in [0.4, 0.5) is 5.69 Å². The Morgan fingerprint density at radius 3 is 2.83 bits per heavy atom. The molecule has 2 aromatic carbocycles. The van der Waals surface area contributed by atoms with Gasteiger partial charge in [-0.05, 0) is 36.6 Å². The average Bonchev–Trinajstić information content (AvgIpc) is 3.08. The Morgan fingerprint density at radius 1 is 1.13 bits per heavy atom. The molecule has 23 heavy (non-hydrogen) atoms. The Balaban J connectivity index is 1.73. The molecule has 0 fully saturated rings. The maximum atomic E-state index is 12.7. The first-order valence-corrected chi connectivity index (χ1v) is 7.57. The fraction of sp³-hybridized carbons (Fsp3) is 0.105. The molecule has 0 aliphatic rings. The molecule has 2 aromatic heterocycles. The second kappa shape index (κ2) is 5.02. The number of H-pyrrole nitrogens is 1. The van der Waals surface area contributed by atoms with Crippen molar-refractivity contribution in [3.63, 3.8) is 0 Å². The van der Waals surface area contributed by atoms with Crippen LogP contribution in [0, 0.1) is 6.92 Å². The highest BCUT2D eigenvalue weighted by molar-refractivity contribution is 6.10. The zero-order valence-corrected chi connectivity index (χ0v) is 13.1. The maximum Gasteiger partial charge on any atom is 0.255 e. The molecule has 4 aromatic rings. The average molecular weight is 303 g/mol. The monoisotopic (exact) mass is 303 g/mol. The van der Waals surface area contributed by atoms with Crippen molar-refractivity contribution in [1.29, 1.82) is 0 Å². The van der Waals surface area contributed by atoms with Gasteiger partial charge in [-0.1, -0.05) is 24.3 Å². The number of anilines is 1. The van der Waals surface area contributed by atoms with Gasteiger partial charge >= 0.3 is 0 Å². The number of aryl methyl sites for hydroxylation is 2. The van der Waals surface area contributed by atoms with Gasteiger partial charge in [0.2, 0.25) is 0 Å².